The Kier molecular flexibility index (Phi) is 68.1. The zero-order chi connectivity index (χ0) is 72.3. The highest BCUT2D eigenvalue weighted by atomic mass is 31.2. The van der Waals surface area contributed by atoms with Crippen molar-refractivity contribution in [3.63, 3.8) is 0 Å². The number of carbonyl (C=O) groups excluding carboxylic acids is 4. The van der Waals surface area contributed by atoms with Gasteiger partial charge in [0.1, 0.15) is 19.3 Å². The highest BCUT2D eigenvalue weighted by Crippen LogP contribution is 2.45. The fraction of sp³-hybridized carbons (Fsp3) is 0.949. The van der Waals surface area contributed by atoms with Crippen molar-refractivity contribution in [1.82, 2.24) is 0 Å². The van der Waals surface area contributed by atoms with Gasteiger partial charge in [0.25, 0.3) is 0 Å². The van der Waals surface area contributed by atoms with Crippen molar-refractivity contribution in [2.45, 2.75) is 426 Å². The van der Waals surface area contributed by atoms with E-state index < -0.39 is 97.5 Å². The van der Waals surface area contributed by atoms with Gasteiger partial charge in [0.2, 0.25) is 0 Å². The summed E-state index contributed by atoms with van der Waals surface area (Å²) in [6, 6.07) is 0. The summed E-state index contributed by atoms with van der Waals surface area (Å²) in [6.45, 7) is 11.9. The Balaban J connectivity index is 5.22. The molecule has 0 spiro atoms. The second-order valence-electron chi connectivity index (χ2n) is 29.9. The van der Waals surface area contributed by atoms with E-state index in [4.69, 9.17) is 37.0 Å². The molecule has 0 aliphatic rings. The van der Waals surface area contributed by atoms with Crippen molar-refractivity contribution < 1.29 is 80.2 Å². The molecule has 0 fully saturated rings. The summed E-state index contributed by atoms with van der Waals surface area (Å²) in [5.74, 6) is 0.180. The number of phosphoric acid groups is 2. The standard InChI is InChI=1S/C79H154O17P2/c1-8-9-10-11-12-13-14-28-34-39-48-55-62-78(83)96-75(67-90-77(82)61-54-47-42-41-45-52-59-72(6)7)69-94-98(87,88)92-65-73(80)64-91-97(85,86)93-68-74(66-89-76(81)60-53-46-38-33-29-24-21-17-19-23-27-32-37-44-51-58-71(4)5)95-79(84)63-56-49-40-35-30-25-20-16-15-18-22-26-31-36-43-50-57-70(2)3/h70-75,80H,8-69H2,1-7H3,(H,85,86)(H,87,88)/t73-,74-,75-/m1/s1. The summed E-state index contributed by atoms with van der Waals surface area (Å²) < 4.78 is 68.6. The van der Waals surface area contributed by atoms with Crippen LogP contribution in [0.5, 0.6) is 0 Å². The molecule has 17 nitrogen and oxygen atoms in total. The van der Waals surface area contributed by atoms with Crippen molar-refractivity contribution in [2.75, 3.05) is 39.6 Å². The maximum absolute atomic E-state index is 13.1. The summed E-state index contributed by atoms with van der Waals surface area (Å²) in [6.07, 6.45) is 57.0. The Morgan fingerprint density at radius 1 is 0.276 bits per heavy atom. The van der Waals surface area contributed by atoms with Gasteiger partial charge in [-0.05, 0) is 43.4 Å². The van der Waals surface area contributed by atoms with Crippen molar-refractivity contribution in [1.29, 1.82) is 0 Å². The molecule has 0 rings (SSSR count). The van der Waals surface area contributed by atoms with Crippen molar-refractivity contribution in [2.24, 2.45) is 17.8 Å². The van der Waals surface area contributed by atoms with Gasteiger partial charge in [-0.15, -0.1) is 0 Å². The molecule has 0 aromatic carbocycles. The zero-order valence-electron chi connectivity index (χ0n) is 64.3. The third-order valence-corrected chi connectivity index (χ3v) is 20.3. The lowest BCUT2D eigenvalue weighted by Crippen LogP contribution is -2.30. The number of phosphoric ester groups is 2. The molecule has 19 heteroatoms. The highest BCUT2D eigenvalue weighted by Gasteiger charge is 2.30. The van der Waals surface area contributed by atoms with Crippen LogP contribution < -0.4 is 0 Å². The normalized spacial score (nSPS) is 14.0. The molecule has 0 aliphatic carbocycles. The number of ether oxygens (including phenoxy) is 4. The molecule has 0 heterocycles. The zero-order valence-corrected chi connectivity index (χ0v) is 66.0. The Hall–Kier alpha value is -1.94. The van der Waals surface area contributed by atoms with E-state index in [1.165, 1.54) is 212 Å². The maximum Gasteiger partial charge on any atom is 0.472 e. The van der Waals surface area contributed by atoms with Gasteiger partial charge in [-0.1, -0.05) is 357 Å². The van der Waals surface area contributed by atoms with E-state index in [0.29, 0.717) is 31.6 Å². The third kappa shape index (κ3) is 72.4. The largest absolute Gasteiger partial charge is 0.472 e. The van der Waals surface area contributed by atoms with Gasteiger partial charge in [0.05, 0.1) is 26.4 Å². The fourth-order valence-corrected chi connectivity index (χ4v) is 13.7. The van der Waals surface area contributed by atoms with E-state index in [2.05, 4.69) is 48.5 Å². The van der Waals surface area contributed by atoms with Gasteiger partial charge in [-0.2, -0.15) is 0 Å². The number of hydrogen-bond donors (Lipinski definition) is 3. The summed E-state index contributed by atoms with van der Waals surface area (Å²) in [7, 11) is -9.91. The molecule has 5 atom stereocenters. The lowest BCUT2D eigenvalue weighted by atomic mass is 10.0. The molecule has 0 aliphatic heterocycles. The van der Waals surface area contributed by atoms with Crippen LogP contribution in [0, 0.1) is 17.8 Å². The Morgan fingerprint density at radius 2 is 0.469 bits per heavy atom. The fourth-order valence-electron chi connectivity index (χ4n) is 12.1. The monoisotopic (exact) mass is 1440 g/mol. The molecule has 3 N–H and O–H groups in total. The van der Waals surface area contributed by atoms with Crippen LogP contribution in [0.15, 0.2) is 0 Å². The van der Waals surface area contributed by atoms with Gasteiger partial charge in [0.15, 0.2) is 12.2 Å². The van der Waals surface area contributed by atoms with Crippen LogP contribution in [-0.2, 0) is 65.4 Å². The number of carbonyl (C=O) groups is 4. The molecule has 98 heavy (non-hydrogen) atoms. The van der Waals surface area contributed by atoms with Crippen LogP contribution in [0.2, 0.25) is 0 Å². The number of esters is 4. The molecule has 0 radical (unpaired) electrons. The molecular weight excluding hydrogens is 1280 g/mol. The van der Waals surface area contributed by atoms with Gasteiger partial charge in [-0.25, -0.2) is 9.13 Å². The van der Waals surface area contributed by atoms with E-state index in [-0.39, 0.29) is 25.7 Å². The van der Waals surface area contributed by atoms with E-state index in [9.17, 15) is 43.2 Å². The Bertz CT molecular complexity index is 1900. The van der Waals surface area contributed by atoms with Gasteiger partial charge >= 0.3 is 39.5 Å². The van der Waals surface area contributed by atoms with E-state index >= 15 is 0 Å². The molecule has 2 unspecified atom stereocenters. The minimum absolute atomic E-state index is 0.106. The van der Waals surface area contributed by atoms with E-state index in [0.717, 1.165) is 108 Å². The third-order valence-electron chi connectivity index (χ3n) is 18.4. The lowest BCUT2D eigenvalue weighted by molar-refractivity contribution is -0.161. The number of hydrogen-bond acceptors (Lipinski definition) is 15. The SMILES string of the molecule is CCCCCCCCCCCCCCC(=O)O[C@H](COC(=O)CCCCCCCCC(C)C)COP(=O)(O)OC[C@H](O)COP(=O)(O)OC[C@@H](COC(=O)CCCCCCCCCCCCCCCCCC(C)C)OC(=O)CCCCCCCCCCCCCCCCCCC(C)C. The van der Waals surface area contributed by atoms with E-state index in [1.807, 2.05) is 0 Å². The minimum atomic E-state index is -4.96. The van der Waals surface area contributed by atoms with Crippen LogP contribution >= 0.6 is 15.6 Å². The minimum Gasteiger partial charge on any atom is -0.462 e. The molecule has 0 aromatic rings. The van der Waals surface area contributed by atoms with Crippen LogP contribution in [0.3, 0.4) is 0 Å². The van der Waals surface area contributed by atoms with Gasteiger partial charge in [0, 0.05) is 25.7 Å². The number of unbranched alkanes of at least 4 members (excludes halogenated alkanes) is 45. The first-order valence-electron chi connectivity index (χ1n) is 40.8. The topological polar surface area (TPSA) is 237 Å². The Labute approximate surface area is 600 Å². The number of rotatable bonds is 77. The average molecular weight is 1440 g/mol. The second-order valence-corrected chi connectivity index (χ2v) is 32.8. The first kappa shape index (κ1) is 96.1. The molecule has 0 saturated heterocycles. The van der Waals surface area contributed by atoms with Gasteiger partial charge in [-0.3, -0.25) is 37.3 Å². The first-order valence-corrected chi connectivity index (χ1v) is 43.8. The first-order chi connectivity index (χ1) is 47.2. The number of aliphatic hydroxyl groups is 1. The summed E-state index contributed by atoms with van der Waals surface area (Å²) in [4.78, 5) is 72.9. The summed E-state index contributed by atoms with van der Waals surface area (Å²) in [5.41, 5.74) is 0. The highest BCUT2D eigenvalue weighted by molar-refractivity contribution is 7.47. The van der Waals surface area contributed by atoms with E-state index in [1.54, 1.807) is 0 Å². The van der Waals surface area contributed by atoms with Gasteiger partial charge < -0.3 is 33.8 Å². The lowest BCUT2D eigenvalue weighted by Gasteiger charge is -2.21. The molecule has 0 amide bonds. The molecular formula is C79H154O17P2. The smallest absolute Gasteiger partial charge is 0.462 e. The molecule has 0 bridgehead atoms. The molecule has 0 aromatic heterocycles. The Morgan fingerprint density at radius 3 is 0.694 bits per heavy atom. The number of aliphatic hydroxyl groups excluding tert-OH is 1. The average Bonchev–Trinajstić information content (AvgIpc) is 0.947. The van der Waals surface area contributed by atoms with Crippen LogP contribution in [0.25, 0.3) is 0 Å². The maximum atomic E-state index is 13.1. The summed E-state index contributed by atoms with van der Waals surface area (Å²) >= 11 is 0. The predicted molar refractivity (Wildman–Crippen MR) is 400 cm³/mol. The van der Waals surface area contributed by atoms with Crippen LogP contribution in [0.4, 0.5) is 0 Å². The van der Waals surface area contributed by atoms with Crippen LogP contribution in [0.1, 0.15) is 408 Å². The van der Waals surface area contributed by atoms with Crippen molar-refractivity contribution in [3.05, 3.63) is 0 Å². The molecule has 0 saturated carbocycles. The van der Waals surface area contributed by atoms with Crippen LogP contribution in [-0.4, -0.2) is 96.7 Å². The quantitative estimate of drug-likeness (QED) is 0.0222. The van der Waals surface area contributed by atoms with Crippen molar-refractivity contribution in [3.8, 4) is 0 Å². The van der Waals surface area contributed by atoms with Crippen molar-refractivity contribution >= 4 is 39.5 Å². The molecule has 582 valence electrons. The predicted octanol–water partition coefficient (Wildman–Crippen LogP) is 23.4. The second kappa shape index (κ2) is 69.4. The summed E-state index contributed by atoms with van der Waals surface area (Å²) in [5, 5.41) is 10.6.